The molecule has 0 fully saturated rings. The molecule has 0 aromatic rings. The smallest absolute Gasteiger partial charge is 0.466 e. The van der Waals surface area contributed by atoms with Crippen LogP contribution in [0, 0.1) is 0 Å². The van der Waals surface area contributed by atoms with Crippen molar-refractivity contribution in [1.29, 1.82) is 0 Å². The molecule has 0 unspecified atom stereocenters. The van der Waals surface area contributed by atoms with Gasteiger partial charge in [-0.15, -0.1) is 0 Å². The summed E-state index contributed by atoms with van der Waals surface area (Å²) in [6.07, 6.45) is 0. The fraction of sp³-hybridized carbons (Fsp3) is 0.750. The van der Waals surface area contributed by atoms with Crippen LogP contribution in [0.5, 0.6) is 0 Å². The predicted molar refractivity (Wildman–Crippen MR) is 39.9 cm³/mol. The van der Waals surface area contributed by atoms with E-state index >= 15 is 0 Å². The van der Waals surface area contributed by atoms with Crippen LogP contribution in [0.4, 0.5) is 0 Å². The number of ether oxygens (including phenoxy) is 1. The second-order valence-electron chi connectivity index (χ2n) is 1.83. The van der Waals surface area contributed by atoms with E-state index in [1.807, 2.05) is 0 Å². The third-order valence-corrected chi connectivity index (χ3v) is 0.573. The third-order valence-electron chi connectivity index (χ3n) is 0.573. The average molecular weight is 201 g/mol. The van der Waals surface area contributed by atoms with Crippen LogP contribution in [0.15, 0.2) is 0 Å². The van der Waals surface area contributed by atoms with E-state index in [0.29, 0.717) is 0 Å². The summed E-state index contributed by atoms with van der Waals surface area (Å²) < 4.78 is 13.1. The molecule has 0 radical (unpaired) electrons. The van der Waals surface area contributed by atoms with Crippen molar-refractivity contribution in [3.8, 4) is 0 Å². The Balaban J connectivity index is 0. The van der Waals surface area contributed by atoms with E-state index in [0.717, 1.165) is 0 Å². The number of carbonyl (C=O) groups excluding carboxylic acids is 1. The number of phosphoric acid groups is 1. The van der Waals surface area contributed by atoms with E-state index in [1.54, 1.807) is 6.92 Å². The molecule has 0 aromatic carbocycles. The summed E-state index contributed by atoms with van der Waals surface area (Å²) in [7, 11) is -3.33. The molecule has 0 amide bonds. The lowest BCUT2D eigenvalue weighted by Gasteiger charge is -1.98. The Hall–Kier alpha value is -0.460. The summed E-state index contributed by atoms with van der Waals surface area (Å²) in [6.45, 7) is 1.58. The number of carbonyl (C=O) groups is 1. The van der Waals surface area contributed by atoms with Gasteiger partial charge in [0.15, 0.2) is 0 Å². The maximum absolute atomic E-state index is 10.2. The molecule has 0 rings (SSSR count). The monoisotopic (exact) mass is 201 g/mol. The lowest BCUT2D eigenvalue weighted by Crippen LogP contribution is -2.27. The van der Waals surface area contributed by atoms with Gasteiger partial charge in [-0.1, -0.05) is 0 Å². The zero-order valence-electron chi connectivity index (χ0n) is 6.67. The van der Waals surface area contributed by atoms with Gasteiger partial charge >= 0.3 is 13.8 Å². The second-order valence-corrected chi connectivity index (χ2v) is 2.85. The summed E-state index contributed by atoms with van der Waals surface area (Å²) in [5, 5.41) is 0. The Morgan fingerprint density at radius 1 is 1.50 bits per heavy atom. The molecule has 0 aromatic heterocycles. The van der Waals surface area contributed by atoms with Gasteiger partial charge in [-0.25, -0.2) is 4.57 Å². The van der Waals surface area contributed by atoms with E-state index in [4.69, 9.17) is 25.0 Å². The second kappa shape index (κ2) is 6.10. The van der Waals surface area contributed by atoms with Crippen LogP contribution in [0.2, 0.25) is 0 Å². The standard InChI is InChI=1S/C4H9NO2.H3O4P/c1-3(5)4(6)7-2;1-5(2,3)4/h3H,5H2,1-2H3;(H3,1,2,3,4)/t3-;/m0./s1. The fourth-order valence-corrected chi connectivity index (χ4v) is 0.186. The molecule has 0 aliphatic rings. The van der Waals surface area contributed by atoms with Gasteiger partial charge in [0.1, 0.15) is 6.04 Å². The number of hydrogen-bond acceptors (Lipinski definition) is 4. The van der Waals surface area contributed by atoms with Crippen molar-refractivity contribution >= 4 is 13.8 Å². The van der Waals surface area contributed by atoms with E-state index in [9.17, 15) is 4.79 Å². The van der Waals surface area contributed by atoms with Gasteiger partial charge in [-0.2, -0.15) is 0 Å². The number of rotatable bonds is 1. The minimum atomic E-state index is -4.64. The van der Waals surface area contributed by atoms with Gasteiger partial charge in [0.05, 0.1) is 7.11 Å². The summed E-state index contributed by atoms with van der Waals surface area (Å²) in [4.78, 5) is 31.7. The minimum Gasteiger partial charge on any atom is -0.468 e. The number of methoxy groups -OCH3 is 1. The van der Waals surface area contributed by atoms with Crippen LogP contribution >= 0.6 is 7.82 Å². The Bertz CT molecular complexity index is 166. The van der Waals surface area contributed by atoms with E-state index in [-0.39, 0.29) is 5.97 Å². The first-order valence-corrected chi connectivity index (χ1v) is 4.36. The first kappa shape index (κ1) is 14.1. The number of esters is 1. The van der Waals surface area contributed by atoms with Gasteiger partial charge in [0, 0.05) is 0 Å². The SMILES string of the molecule is COC(=O)[C@H](C)N.O=P(O)(O)O. The van der Waals surface area contributed by atoms with Crippen molar-refractivity contribution in [2.45, 2.75) is 13.0 Å². The quantitative estimate of drug-likeness (QED) is 0.302. The minimum absolute atomic E-state index is 0.375. The van der Waals surface area contributed by atoms with Crippen LogP contribution in [0.3, 0.4) is 0 Å². The fourth-order valence-electron chi connectivity index (χ4n) is 0.186. The third kappa shape index (κ3) is 22.7. The molecule has 0 bridgehead atoms. The van der Waals surface area contributed by atoms with E-state index in [1.165, 1.54) is 7.11 Å². The van der Waals surface area contributed by atoms with Crippen molar-refractivity contribution < 1.29 is 28.8 Å². The molecule has 5 N–H and O–H groups in total. The molecule has 0 aliphatic carbocycles. The van der Waals surface area contributed by atoms with Crippen molar-refractivity contribution in [2.24, 2.45) is 5.73 Å². The highest BCUT2D eigenvalue weighted by Crippen LogP contribution is 2.25. The maximum atomic E-state index is 10.2. The summed E-state index contributed by atoms with van der Waals surface area (Å²) in [5.74, 6) is -0.375. The van der Waals surface area contributed by atoms with Crippen LogP contribution < -0.4 is 5.73 Å². The molecule has 12 heavy (non-hydrogen) atoms. The molecule has 0 aliphatic heterocycles. The van der Waals surface area contributed by atoms with Crippen LogP contribution in [-0.2, 0) is 14.1 Å². The van der Waals surface area contributed by atoms with Crippen LogP contribution in [0.25, 0.3) is 0 Å². The summed E-state index contributed by atoms with van der Waals surface area (Å²) in [6, 6.07) is -0.495. The first-order chi connectivity index (χ1) is 5.18. The molecule has 74 valence electrons. The van der Waals surface area contributed by atoms with E-state index < -0.39 is 13.9 Å². The Morgan fingerprint density at radius 2 is 1.75 bits per heavy atom. The van der Waals surface area contributed by atoms with E-state index in [2.05, 4.69) is 4.74 Å². The van der Waals surface area contributed by atoms with Crippen molar-refractivity contribution in [2.75, 3.05) is 7.11 Å². The van der Waals surface area contributed by atoms with Crippen molar-refractivity contribution in [3.05, 3.63) is 0 Å². The number of hydrogen-bond donors (Lipinski definition) is 4. The maximum Gasteiger partial charge on any atom is 0.466 e. The largest absolute Gasteiger partial charge is 0.468 e. The highest BCUT2D eigenvalue weighted by atomic mass is 31.2. The topological polar surface area (TPSA) is 130 Å². The Morgan fingerprint density at radius 3 is 1.75 bits per heavy atom. The number of nitrogens with two attached hydrogens (primary N) is 1. The molecular weight excluding hydrogens is 189 g/mol. The Kier molecular flexibility index (Phi) is 7.16. The molecule has 0 spiro atoms. The Labute approximate surface area is 69.4 Å². The molecule has 7 nitrogen and oxygen atoms in total. The molecular formula is C4H12NO6P. The predicted octanol–water partition coefficient (Wildman–Crippen LogP) is -1.42. The molecule has 0 saturated heterocycles. The molecule has 1 atom stereocenters. The first-order valence-electron chi connectivity index (χ1n) is 2.80. The lowest BCUT2D eigenvalue weighted by atomic mass is 10.4. The zero-order chi connectivity index (χ0) is 10.4. The van der Waals surface area contributed by atoms with Gasteiger partial charge in [0.2, 0.25) is 0 Å². The van der Waals surface area contributed by atoms with Gasteiger partial charge < -0.3 is 25.2 Å². The zero-order valence-corrected chi connectivity index (χ0v) is 7.56. The van der Waals surface area contributed by atoms with Crippen LogP contribution in [0.1, 0.15) is 6.92 Å². The normalized spacial score (nSPS) is 12.5. The van der Waals surface area contributed by atoms with Crippen LogP contribution in [-0.4, -0.2) is 33.8 Å². The van der Waals surface area contributed by atoms with Gasteiger partial charge in [-0.3, -0.25) is 4.79 Å². The highest BCUT2D eigenvalue weighted by Gasteiger charge is 2.03. The lowest BCUT2D eigenvalue weighted by molar-refractivity contribution is -0.141. The molecule has 0 heterocycles. The van der Waals surface area contributed by atoms with Gasteiger partial charge in [-0.05, 0) is 6.92 Å². The molecule has 0 saturated carbocycles. The summed E-state index contributed by atoms with van der Waals surface area (Å²) in [5.41, 5.74) is 5.07. The van der Waals surface area contributed by atoms with Gasteiger partial charge in [0.25, 0.3) is 0 Å². The van der Waals surface area contributed by atoms with Crippen molar-refractivity contribution in [3.63, 3.8) is 0 Å². The summed E-state index contributed by atoms with van der Waals surface area (Å²) >= 11 is 0. The molecule has 8 heteroatoms. The highest BCUT2D eigenvalue weighted by molar-refractivity contribution is 7.45. The average Bonchev–Trinajstić information content (AvgIpc) is 1.82. The van der Waals surface area contributed by atoms with Crippen molar-refractivity contribution in [1.82, 2.24) is 0 Å².